The number of nitrogens with zero attached hydrogens (tertiary/aromatic N) is 1. The molecule has 0 aliphatic rings. The molecule has 0 aliphatic carbocycles. The highest BCUT2D eigenvalue weighted by molar-refractivity contribution is 8.17. The largest absolute Gasteiger partial charge is 0.484 e. The van der Waals surface area contributed by atoms with Gasteiger partial charge in [-0.1, -0.05) is 6.58 Å². The molecule has 0 saturated carbocycles. The first-order chi connectivity index (χ1) is 5.91. The van der Waals surface area contributed by atoms with Crippen LogP contribution in [0.15, 0.2) is 28.8 Å². The van der Waals surface area contributed by atoms with E-state index in [4.69, 9.17) is 15.4 Å². The Morgan fingerprint density at radius 3 is 2.46 bits per heavy atom. The van der Waals surface area contributed by atoms with Gasteiger partial charge in [0.25, 0.3) is 9.05 Å². The minimum Gasteiger partial charge on any atom is -0.484 e. The maximum Gasteiger partial charge on any atom is 0.262 e. The lowest BCUT2D eigenvalue weighted by molar-refractivity contribution is 0.400. The molecule has 0 aromatic heterocycles. The number of aliphatic imine (C=N–C) groups is 1. The third-order valence-electron chi connectivity index (χ3n) is 1.15. The van der Waals surface area contributed by atoms with Gasteiger partial charge in [0.05, 0.1) is 13.3 Å². The summed E-state index contributed by atoms with van der Waals surface area (Å²) < 4.78 is 26.2. The van der Waals surface area contributed by atoms with E-state index in [0.29, 0.717) is 5.90 Å². The van der Waals surface area contributed by atoms with E-state index in [0.717, 1.165) is 12.3 Å². The van der Waals surface area contributed by atoms with Crippen LogP contribution >= 0.6 is 10.7 Å². The van der Waals surface area contributed by atoms with E-state index in [9.17, 15) is 8.42 Å². The molecule has 6 heteroatoms. The highest BCUT2D eigenvalue weighted by Gasteiger charge is 2.09. The van der Waals surface area contributed by atoms with Gasteiger partial charge in [0.1, 0.15) is 4.91 Å². The number of hydrogen-bond donors (Lipinski definition) is 0. The molecular formula is C7H10ClNO3S. The second-order valence-corrected chi connectivity index (χ2v) is 4.59. The lowest BCUT2D eigenvalue weighted by Gasteiger charge is -1.95. The molecule has 0 atom stereocenters. The third kappa shape index (κ3) is 4.69. The summed E-state index contributed by atoms with van der Waals surface area (Å²) in [4.78, 5) is 3.52. The molecule has 0 spiro atoms. The number of allylic oxidation sites excluding steroid dienone is 1. The van der Waals surface area contributed by atoms with E-state index in [-0.39, 0.29) is 4.91 Å². The van der Waals surface area contributed by atoms with Gasteiger partial charge in [0, 0.05) is 17.6 Å². The first-order valence-electron chi connectivity index (χ1n) is 3.27. The molecule has 0 aromatic rings. The normalized spacial score (nSPS) is 14.1. The molecular weight excluding hydrogens is 214 g/mol. The summed E-state index contributed by atoms with van der Waals surface area (Å²) in [6.07, 6.45) is 2.18. The first-order valence-corrected chi connectivity index (χ1v) is 5.58. The number of rotatable bonds is 3. The molecule has 0 saturated heterocycles. The highest BCUT2D eigenvalue weighted by Crippen LogP contribution is 2.12. The fraction of sp³-hybridized carbons (Fsp3) is 0.286. The second-order valence-electron chi connectivity index (χ2n) is 2.03. The average Bonchev–Trinajstić information content (AvgIpc) is 2.02. The van der Waals surface area contributed by atoms with E-state index < -0.39 is 9.05 Å². The van der Waals surface area contributed by atoms with Crippen LogP contribution in [-0.2, 0) is 13.8 Å². The van der Waals surface area contributed by atoms with Crippen LogP contribution in [0.3, 0.4) is 0 Å². The smallest absolute Gasteiger partial charge is 0.262 e. The molecule has 0 bridgehead atoms. The predicted molar refractivity (Wildman–Crippen MR) is 53.2 cm³/mol. The van der Waals surface area contributed by atoms with Crippen molar-refractivity contribution in [2.75, 3.05) is 7.11 Å². The summed E-state index contributed by atoms with van der Waals surface area (Å²) in [5.41, 5.74) is 0. The van der Waals surface area contributed by atoms with E-state index in [1.165, 1.54) is 7.11 Å². The van der Waals surface area contributed by atoms with E-state index >= 15 is 0 Å². The van der Waals surface area contributed by atoms with Gasteiger partial charge < -0.3 is 4.74 Å². The van der Waals surface area contributed by atoms with Crippen molar-refractivity contribution in [1.29, 1.82) is 0 Å². The summed E-state index contributed by atoms with van der Waals surface area (Å²) in [5, 5.41) is 0. The quantitative estimate of drug-likeness (QED) is 0.316. The minimum atomic E-state index is -3.77. The van der Waals surface area contributed by atoms with Gasteiger partial charge in [-0.3, -0.25) is 0 Å². The molecule has 0 heterocycles. The molecule has 0 fully saturated rings. The number of ether oxygens (including phenoxy) is 1. The van der Waals surface area contributed by atoms with Crippen molar-refractivity contribution in [3.8, 4) is 0 Å². The van der Waals surface area contributed by atoms with E-state index in [1.807, 2.05) is 0 Å². The fourth-order valence-electron chi connectivity index (χ4n) is 0.422. The van der Waals surface area contributed by atoms with Crippen LogP contribution in [0, 0.1) is 0 Å². The van der Waals surface area contributed by atoms with Crippen molar-refractivity contribution in [3.05, 3.63) is 23.8 Å². The standard InChI is InChI=1S/C7H10ClNO3S/c1-4-7(13(8,10)11)5-9-6(2)12-3/h4-5H,1H2,2-3H3/b7-5+,9-6?. The Bertz CT molecular complexity index is 343. The molecule has 0 amide bonds. The van der Waals surface area contributed by atoms with Gasteiger partial charge in [-0.15, -0.1) is 0 Å². The zero-order chi connectivity index (χ0) is 10.5. The lowest BCUT2D eigenvalue weighted by Crippen LogP contribution is -1.94. The van der Waals surface area contributed by atoms with Gasteiger partial charge in [0.15, 0.2) is 5.90 Å². The Morgan fingerprint density at radius 2 is 2.15 bits per heavy atom. The Morgan fingerprint density at radius 1 is 1.62 bits per heavy atom. The summed E-state index contributed by atoms with van der Waals surface area (Å²) >= 11 is 0. The average molecular weight is 224 g/mol. The molecule has 4 nitrogen and oxygen atoms in total. The van der Waals surface area contributed by atoms with Gasteiger partial charge in [-0.05, 0) is 6.08 Å². The van der Waals surface area contributed by atoms with Crippen molar-refractivity contribution in [2.24, 2.45) is 4.99 Å². The summed E-state index contributed by atoms with van der Waals surface area (Å²) in [6.45, 7) is 4.87. The van der Waals surface area contributed by atoms with Crippen LogP contribution in [-0.4, -0.2) is 21.4 Å². The Labute approximate surface area is 82.0 Å². The van der Waals surface area contributed by atoms with Gasteiger partial charge >= 0.3 is 0 Å². The molecule has 0 aliphatic heterocycles. The Kier molecular flexibility index (Phi) is 4.72. The zero-order valence-electron chi connectivity index (χ0n) is 7.32. The molecule has 74 valence electrons. The zero-order valence-corrected chi connectivity index (χ0v) is 8.89. The van der Waals surface area contributed by atoms with Crippen LogP contribution in [0.4, 0.5) is 0 Å². The van der Waals surface area contributed by atoms with E-state index in [1.54, 1.807) is 6.92 Å². The molecule has 0 radical (unpaired) electrons. The number of halogens is 1. The maximum absolute atomic E-state index is 10.8. The minimum absolute atomic E-state index is 0.162. The van der Waals surface area contributed by atoms with Crippen LogP contribution in [0.2, 0.25) is 0 Å². The summed E-state index contributed by atoms with van der Waals surface area (Å²) in [6, 6.07) is 0. The van der Waals surface area contributed by atoms with Crippen LogP contribution in [0.25, 0.3) is 0 Å². The van der Waals surface area contributed by atoms with Crippen LogP contribution in [0.1, 0.15) is 6.92 Å². The SMILES string of the molecule is C=C/C(=C\N=C(C)OC)S(=O)(=O)Cl. The van der Waals surface area contributed by atoms with Crippen molar-refractivity contribution in [1.82, 2.24) is 0 Å². The second kappa shape index (κ2) is 5.04. The summed E-state index contributed by atoms with van der Waals surface area (Å²) in [7, 11) is 2.71. The third-order valence-corrected chi connectivity index (χ3v) is 2.52. The molecule has 0 aromatic carbocycles. The monoisotopic (exact) mass is 223 g/mol. The van der Waals surface area contributed by atoms with Gasteiger partial charge in [-0.25, -0.2) is 13.4 Å². The number of methoxy groups -OCH3 is 1. The predicted octanol–water partition coefficient (Wildman–Crippen LogP) is 1.65. The molecule has 0 unspecified atom stereocenters. The van der Waals surface area contributed by atoms with Crippen LogP contribution in [0.5, 0.6) is 0 Å². The van der Waals surface area contributed by atoms with Gasteiger partial charge in [0.2, 0.25) is 0 Å². The fourth-order valence-corrected chi connectivity index (χ4v) is 1.11. The Balaban J connectivity index is 4.92. The molecule has 0 N–H and O–H groups in total. The molecule has 13 heavy (non-hydrogen) atoms. The topological polar surface area (TPSA) is 55.7 Å². The molecule has 0 rings (SSSR count). The Hall–Kier alpha value is -0.810. The van der Waals surface area contributed by atoms with Crippen molar-refractivity contribution >= 4 is 25.6 Å². The first kappa shape index (κ1) is 12.2. The maximum atomic E-state index is 10.8. The van der Waals surface area contributed by atoms with Crippen molar-refractivity contribution in [3.63, 3.8) is 0 Å². The van der Waals surface area contributed by atoms with E-state index in [2.05, 4.69) is 11.6 Å². The highest BCUT2D eigenvalue weighted by atomic mass is 35.7. The lowest BCUT2D eigenvalue weighted by atomic mass is 10.6. The van der Waals surface area contributed by atoms with Crippen molar-refractivity contribution < 1.29 is 13.2 Å². The van der Waals surface area contributed by atoms with Gasteiger partial charge in [-0.2, -0.15) is 0 Å². The number of hydrogen-bond acceptors (Lipinski definition) is 4. The summed E-state index contributed by atoms with van der Waals surface area (Å²) in [5.74, 6) is 0.333. The van der Waals surface area contributed by atoms with Crippen LogP contribution < -0.4 is 0 Å². The van der Waals surface area contributed by atoms with Crippen molar-refractivity contribution in [2.45, 2.75) is 6.92 Å².